The van der Waals surface area contributed by atoms with Crippen LogP contribution in [0.15, 0.2) is 18.2 Å². The third-order valence-corrected chi connectivity index (χ3v) is 3.21. The average Bonchev–Trinajstić information content (AvgIpc) is 2.42. The smallest absolute Gasteiger partial charge is 0.165 e. The first-order valence-corrected chi connectivity index (χ1v) is 7.21. The van der Waals surface area contributed by atoms with E-state index in [2.05, 4.69) is 19.2 Å². The number of benzene rings is 1. The van der Waals surface area contributed by atoms with Gasteiger partial charge in [-0.15, -0.1) is 0 Å². The molecule has 0 fully saturated rings. The molecule has 1 N–H and O–H groups in total. The molecular formula is C16H26FNO2. The van der Waals surface area contributed by atoms with Crippen molar-refractivity contribution in [1.82, 2.24) is 5.32 Å². The highest BCUT2D eigenvalue weighted by Crippen LogP contribution is 2.21. The molecule has 1 unspecified atom stereocenters. The lowest BCUT2D eigenvalue weighted by atomic mass is 10.1. The molecule has 0 aromatic heterocycles. The molecule has 0 bridgehead atoms. The van der Waals surface area contributed by atoms with Crippen LogP contribution in [0.4, 0.5) is 4.39 Å². The van der Waals surface area contributed by atoms with Crippen LogP contribution in [0.5, 0.6) is 5.75 Å². The molecule has 0 radical (unpaired) electrons. The zero-order valence-corrected chi connectivity index (χ0v) is 12.9. The summed E-state index contributed by atoms with van der Waals surface area (Å²) in [5, 5.41) is 3.08. The summed E-state index contributed by atoms with van der Waals surface area (Å²) in [5.41, 5.74) is 0.908. The summed E-state index contributed by atoms with van der Waals surface area (Å²) in [6, 6.07) is 5.18. The highest BCUT2D eigenvalue weighted by Gasteiger charge is 2.08. The molecule has 114 valence electrons. The summed E-state index contributed by atoms with van der Waals surface area (Å²) in [5.74, 6) is 0.589. The van der Waals surface area contributed by atoms with E-state index in [1.165, 1.54) is 6.07 Å². The molecule has 0 amide bonds. The second kappa shape index (κ2) is 8.93. The highest BCUT2D eigenvalue weighted by atomic mass is 19.1. The zero-order valence-electron chi connectivity index (χ0n) is 12.9. The van der Waals surface area contributed by atoms with Crippen molar-refractivity contribution in [2.45, 2.75) is 33.2 Å². The van der Waals surface area contributed by atoms with Crippen molar-refractivity contribution in [3.63, 3.8) is 0 Å². The SMILES string of the molecule is CNC(C)c1ccc(OCCOCCC(C)C)c(F)c1. The zero-order chi connectivity index (χ0) is 15.0. The molecule has 1 aromatic rings. The molecule has 4 heteroatoms. The van der Waals surface area contributed by atoms with Crippen LogP contribution in [0.1, 0.15) is 38.8 Å². The summed E-state index contributed by atoms with van der Waals surface area (Å²) >= 11 is 0. The molecule has 0 heterocycles. The maximum Gasteiger partial charge on any atom is 0.165 e. The topological polar surface area (TPSA) is 30.5 Å². The molecule has 1 atom stereocenters. The van der Waals surface area contributed by atoms with Gasteiger partial charge in [-0.3, -0.25) is 0 Å². The molecule has 1 aromatic carbocycles. The van der Waals surface area contributed by atoms with Crippen LogP contribution >= 0.6 is 0 Å². The molecule has 0 saturated heterocycles. The molecule has 0 saturated carbocycles. The van der Waals surface area contributed by atoms with Gasteiger partial charge >= 0.3 is 0 Å². The Bertz CT molecular complexity index is 396. The molecule has 1 rings (SSSR count). The number of hydrogen-bond donors (Lipinski definition) is 1. The number of rotatable bonds is 9. The van der Waals surface area contributed by atoms with E-state index in [1.807, 2.05) is 20.0 Å². The quantitative estimate of drug-likeness (QED) is 0.703. The van der Waals surface area contributed by atoms with Crippen molar-refractivity contribution in [3.05, 3.63) is 29.6 Å². The summed E-state index contributed by atoms with van der Waals surface area (Å²) in [6.45, 7) is 7.88. The van der Waals surface area contributed by atoms with Crippen LogP contribution in [0.25, 0.3) is 0 Å². The van der Waals surface area contributed by atoms with E-state index in [0.717, 1.165) is 18.6 Å². The predicted molar refractivity (Wildman–Crippen MR) is 79.6 cm³/mol. The van der Waals surface area contributed by atoms with Gasteiger partial charge in [-0.1, -0.05) is 19.9 Å². The summed E-state index contributed by atoms with van der Waals surface area (Å²) in [6.07, 6.45) is 1.03. The van der Waals surface area contributed by atoms with Gasteiger partial charge in [0.1, 0.15) is 6.61 Å². The van der Waals surface area contributed by atoms with Gasteiger partial charge in [-0.2, -0.15) is 0 Å². The number of nitrogens with one attached hydrogen (secondary N) is 1. The van der Waals surface area contributed by atoms with Crippen molar-refractivity contribution in [1.29, 1.82) is 0 Å². The van der Waals surface area contributed by atoms with Crippen molar-refractivity contribution < 1.29 is 13.9 Å². The Morgan fingerprint density at radius 3 is 2.50 bits per heavy atom. The molecule has 0 aliphatic heterocycles. The first-order valence-electron chi connectivity index (χ1n) is 7.21. The van der Waals surface area contributed by atoms with E-state index in [-0.39, 0.29) is 17.6 Å². The van der Waals surface area contributed by atoms with Crippen molar-refractivity contribution >= 4 is 0 Å². The Morgan fingerprint density at radius 1 is 1.15 bits per heavy atom. The van der Waals surface area contributed by atoms with Gasteiger partial charge < -0.3 is 14.8 Å². The van der Waals surface area contributed by atoms with Crippen LogP contribution in [-0.2, 0) is 4.74 Å². The third-order valence-electron chi connectivity index (χ3n) is 3.21. The summed E-state index contributed by atoms with van der Waals surface area (Å²) in [4.78, 5) is 0. The van der Waals surface area contributed by atoms with Crippen molar-refractivity contribution in [3.8, 4) is 5.75 Å². The van der Waals surface area contributed by atoms with Gasteiger partial charge in [-0.25, -0.2) is 4.39 Å². The fourth-order valence-electron chi connectivity index (χ4n) is 1.70. The first-order chi connectivity index (χ1) is 9.54. The fraction of sp³-hybridized carbons (Fsp3) is 0.625. The summed E-state index contributed by atoms with van der Waals surface area (Å²) in [7, 11) is 1.85. The Hall–Kier alpha value is -1.13. The monoisotopic (exact) mass is 283 g/mol. The standard InChI is InChI=1S/C16H26FNO2/c1-12(2)7-8-19-9-10-20-16-6-5-14(11-15(16)17)13(3)18-4/h5-6,11-13,18H,7-10H2,1-4H3. The Kier molecular flexibility index (Phi) is 7.55. The Labute approximate surface area is 121 Å². The van der Waals surface area contributed by atoms with Crippen LogP contribution in [0.3, 0.4) is 0 Å². The minimum atomic E-state index is -0.327. The van der Waals surface area contributed by atoms with Crippen LogP contribution in [0, 0.1) is 11.7 Å². The Morgan fingerprint density at radius 2 is 1.90 bits per heavy atom. The van der Waals surface area contributed by atoms with Gasteiger partial charge in [0.15, 0.2) is 11.6 Å². The molecule has 0 aliphatic carbocycles. The van der Waals surface area contributed by atoms with Crippen molar-refractivity contribution in [2.75, 3.05) is 26.9 Å². The molecule has 0 aliphatic rings. The molecule has 3 nitrogen and oxygen atoms in total. The van der Waals surface area contributed by atoms with Gasteiger partial charge in [0, 0.05) is 12.6 Å². The predicted octanol–water partition coefficient (Wildman–Crippen LogP) is 3.55. The van der Waals surface area contributed by atoms with E-state index in [4.69, 9.17) is 9.47 Å². The molecule has 0 spiro atoms. The maximum atomic E-state index is 13.8. The van der Waals surface area contributed by atoms with Crippen LogP contribution < -0.4 is 10.1 Å². The number of halogens is 1. The largest absolute Gasteiger partial charge is 0.488 e. The van der Waals surface area contributed by atoms with E-state index < -0.39 is 0 Å². The maximum absolute atomic E-state index is 13.8. The van der Waals surface area contributed by atoms with E-state index >= 15 is 0 Å². The molecule has 20 heavy (non-hydrogen) atoms. The lowest BCUT2D eigenvalue weighted by Crippen LogP contribution is -2.13. The van der Waals surface area contributed by atoms with E-state index in [0.29, 0.717) is 19.1 Å². The number of ether oxygens (including phenoxy) is 2. The Balaban J connectivity index is 2.34. The lowest BCUT2D eigenvalue weighted by Gasteiger charge is -2.13. The van der Waals surface area contributed by atoms with E-state index in [1.54, 1.807) is 6.07 Å². The van der Waals surface area contributed by atoms with Gasteiger partial charge in [0.2, 0.25) is 0 Å². The third kappa shape index (κ3) is 5.88. The van der Waals surface area contributed by atoms with Gasteiger partial charge in [0.05, 0.1) is 6.61 Å². The lowest BCUT2D eigenvalue weighted by molar-refractivity contribution is 0.0913. The normalized spacial score (nSPS) is 12.7. The fourth-order valence-corrected chi connectivity index (χ4v) is 1.70. The van der Waals surface area contributed by atoms with Gasteiger partial charge in [0.25, 0.3) is 0 Å². The van der Waals surface area contributed by atoms with Crippen LogP contribution in [0.2, 0.25) is 0 Å². The second-order valence-corrected chi connectivity index (χ2v) is 5.34. The minimum absolute atomic E-state index is 0.123. The second-order valence-electron chi connectivity index (χ2n) is 5.34. The van der Waals surface area contributed by atoms with Crippen molar-refractivity contribution in [2.24, 2.45) is 5.92 Å². The highest BCUT2D eigenvalue weighted by molar-refractivity contribution is 5.30. The van der Waals surface area contributed by atoms with Crippen LogP contribution in [-0.4, -0.2) is 26.9 Å². The molecular weight excluding hydrogens is 257 g/mol. The first kappa shape index (κ1) is 16.9. The summed E-state index contributed by atoms with van der Waals surface area (Å²) < 4.78 is 24.7. The van der Waals surface area contributed by atoms with E-state index in [9.17, 15) is 4.39 Å². The van der Waals surface area contributed by atoms with Gasteiger partial charge in [-0.05, 0) is 44.0 Å². The minimum Gasteiger partial charge on any atom is -0.488 e. The number of hydrogen-bond acceptors (Lipinski definition) is 3. The average molecular weight is 283 g/mol.